The molecule has 1 saturated heterocycles. The number of rotatable bonds is 5. The van der Waals surface area contributed by atoms with Crippen LogP contribution in [0.2, 0.25) is 0 Å². The number of likely N-dealkylation sites (tertiary alicyclic amines) is 1. The topological polar surface area (TPSA) is 88.6 Å². The van der Waals surface area contributed by atoms with Crippen molar-refractivity contribution in [2.45, 2.75) is 45.2 Å². The monoisotopic (exact) mass is 343 g/mol. The van der Waals surface area contributed by atoms with Gasteiger partial charge in [0, 0.05) is 19.1 Å². The molecule has 3 N–H and O–H groups in total. The Morgan fingerprint density at radius 2 is 2.04 bits per heavy atom. The zero-order valence-corrected chi connectivity index (χ0v) is 14.5. The van der Waals surface area contributed by atoms with Crippen molar-refractivity contribution in [2.24, 2.45) is 11.7 Å². The summed E-state index contributed by atoms with van der Waals surface area (Å²) in [5, 5.41) is 3.00. The predicted molar refractivity (Wildman–Crippen MR) is 90.5 cm³/mol. The number of amides is 2. The lowest BCUT2D eigenvalue weighted by atomic mass is 10.0. The van der Waals surface area contributed by atoms with Crippen LogP contribution >= 0.6 is 12.4 Å². The first-order valence-corrected chi connectivity index (χ1v) is 7.84. The lowest BCUT2D eigenvalue weighted by Crippen LogP contribution is -2.50. The Kier molecular flexibility index (Phi) is 7.58. The van der Waals surface area contributed by atoms with Crippen molar-refractivity contribution in [1.82, 2.24) is 10.2 Å². The summed E-state index contributed by atoms with van der Waals surface area (Å²) in [6.45, 7) is 5.36. The van der Waals surface area contributed by atoms with Crippen molar-refractivity contribution in [3.8, 4) is 0 Å². The molecular formula is C16H26ClN3O3. The highest BCUT2D eigenvalue weighted by Gasteiger charge is 2.26. The highest BCUT2D eigenvalue weighted by Crippen LogP contribution is 2.15. The van der Waals surface area contributed by atoms with Crippen molar-refractivity contribution in [3.63, 3.8) is 0 Å². The highest BCUT2D eigenvalue weighted by atomic mass is 35.5. The molecule has 1 aromatic rings. The molecule has 130 valence electrons. The normalized spacial score (nSPS) is 16.8. The van der Waals surface area contributed by atoms with E-state index in [2.05, 4.69) is 5.32 Å². The van der Waals surface area contributed by atoms with E-state index >= 15 is 0 Å². The van der Waals surface area contributed by atoms with Gasteiger partial charge in [0.2, 0.25) is 5.91 Å². The lowest BCUT2D eigenvalue weighted by molar-refractivity contribution is -0.123. The number of furan rings is 1. The molecule has 2 amide bonds. The van der Waals surface area contributed by atoms with E-state index < -0.39 is 6.04 Å². The number of piperidine rings is 1. The highest BCUT2D eigenvalue weighted by molar-refractivity contribution is 5.93. The largest absolute Gasteiger partial charge is 0.472 e. The average Bonchev–Trinajstić information content (AvgIpc) is 3.00. The molecule has 0 aliphatic carbocycles. The van der Waals surface area contributed by atoms with Crippen LogP contribution in [0.3, 0.4) is 0 Å². The minimum atomic E-state index is -0.453. The first kappa shape index (κ1) is 19.5. The van der Waals surface area contributed by atoms with Gasteiger partial charge < -0.3 is 20.4 Å². The second-order valence-electron chi connectivity index (χ2n) is 6.32. The Hall–Kier alpha value is -1.53. The van der Waals surface area contributed by atoms with Crippen LogP contribution in [-0.2, 0) is 4.79 Å². The predicted octanol–water partition coefficient (Wildman–Crippen LogP) is 1.80. The van der Waals surface area contributed by atoms with Gasteiger partial charge in [-0.15, -0.1) is 12.4 Å². The van der Waals surface area contributed by atoms with Gasteiger partial charge in [0.1, 0.15) is 6.26 Å². The molecular weight excluding hydrogens is 318 g/mol. The third-order valence-corrected chi connectivity index (χ3v) is 3.96. The van der Waals surface area contributed by atoms with Gasteiger partial charge in [-0.2, -0.15) is 0 Å². The molecule has 0 saturated carbocycles. The van der Waals surface area contributed by atoms with Crippen LogP contribution in [0.25, 0.3) is 0 Å². The summed E-state index contributed by atoms with van der Waals surface area (Å²) in [6, 6.07) is 1.31. The van der Waals surface area contributed by atoms with Crippen molar-refractivity contribution in [1.29, 1.82) is 0 Å². The number of nitrogens with zero attached hydrogens (tertiary/aromatic N) is 1. The second kappa shape index (κ2) is 8.93. The maximum Gasteiger partial charge on any atom is 0.257 e. The Morgan fingerprint density at radius 1 is 1.39 bits per heavy atom. The van der Waals surface area contributed by atoms with Crippen molar-refractivity contribution in [3.05, 3.63) is 24.2 Å². The van der Waals surface area contributed by atoms with E-state index in [1.807, 2.05) is 13.8 Å². The number of hydrogen-bond donors (Lipinski definition) is 2. The Labute approximate surface area is 143 Å². The molecule has 7 heteroatoms. The summed E-state index contributed by atoms with van der Waals surface area (Å²) < 4.78 is 4.94. The maximum absolute atomic E-state index is 12.2. The second-order valence-corrected chi connectivity index (χ2v) is 6.32. The molecule has 0 unspecified atom stereocenters. The summed E-state index contributed by atoms with van der Waals surface area (Å²) >= 11 is 0. The van der Waals surface area contributed by atoms with E-state index in [1.165, 1.54) is 12.5 Å². The summed E-state index contributed by atoms with van der Waals surface area (Å²) in [6.07, 6.45) is 5.15. The van der Waals surface area contributed by atoms with Gasteiger partial charge in [-0.1, -0.05) is 13.8 Å². The smallest absolute Gasteiger partial charge is 0.257 e. The fraction of sp³-hybridized carbons (Fsp3) is 0.625. The third-order valence-electron chi connectivity index (χ3n) is 3.96. The quantitative estimate of drug-likeness (QED) is 0.853. The number of halogens is 1. The first-order chi connectivity index (χ1) is 10.5. The van der Waals surface area contributed by atoms with Gasteiger partial charge in [-0.3, -0.25) is 9.59 Å². The summed E-state index contributed by atoms with van der Waals surface area (Å²) in [4.78, 5) is 26.0. The summed E-state index contributed by atoms with van der Waals surface area (Å²) in [5.41, 5.74) is 6.46. The molecule has 0 bridgehead atoms. The maximum atomic E-state index is 12.2. The van der Waals surface area contributed by atoms with Gasteiger partial charge in [-0.25, -0.2) is 0 Å². The SMILES string of the molecule is CC(C)C[C@H](N)C(=O)NC1CCN(C(=O)c2ccoc2)CC1.Cl. The van der Waals surface area contributed by atoms with E-state index in [4.69, 9.17) is 10.2 Å². The van der Waals surface area contributed by atoms with Crippen molar-refractivity contribution in [2.75, 3.05) is 13.1 Å². The van der Waals surface area contributed by atoms with Gasteiger partial charge in [0.15, 0.2) is 0 Å². The Bertz CT molecular complexity index is 497. The van der Waals surface area contributed by atoms with E-state index in [0.29, 0.717) is 31.0 Å². The number of hydrogen-bond acceptors (Lipinski definition) is 4. The first-order valence-electron chi connectivity index (χ1n) is 7.84. The fourth-order valence-corrected chi connectivity index (χ4v) is 2.72. The van der Waals surface area contributed by atoms with Gasteiger partial charge >= 0.3 is 0 Å². The molecule has 0 radical (unpaired) electrons. The minimum Gasteiger partial charge on any atom is -0.472 e. The molecule has 1 atom stereocenters. The summed E-state index contributed by atoms with van der Waals surface area (Å²) in [5.74, 6) is 0.290. The number of carbonyl (C=O) groups excluding carboxylic acids is 2. The van der Waals surface area contributed by atoms with E-state index in [0.717, 1.165) is 12.8 Å². The molecule has 1 aliphatic heterocycles. The lowest BCUT2D eigenvalue weighted by Gasteiger charge is -2.32. The van der Waals surface area contributed by atoms with Crippen molar-refractivity contribution < 1.29 is 14.0 Å². The average molecular weight is 344 g/mol. The van der Waals surface area contributed by atoms with Crippen LogP contribution in [0, 0.1) is 5.92 Å². The molecule has 6 nitrogen and oxygen atoms in total. The molecule has 23 heavy (non-hydrogen) atoms. The van der Waals surface area contributed by atoms with E-state index in [1.54, 1.807) is 11.0 Å². The molecule has 1 aliphatic rings. The molecule has 2 heterocycles. The third kappa shape index (κ3) is 5.55. The molecule has 2 rings (SSSR count). The zero-order chi connectivity index (χ0) is 16.1. The van der Waals surface area contributed by atoms with Gasteiger partial charge in [0.05, 0.1) is 17.9 Å². The van der Waals surface area contributed by atoms with E-state index in [-0.39, 0.29) is 30.3 Å². The Balaban J connectivity index is 0.00000264. The van der Waals surface area contributed by atoms with Crippen molar-refractivity contribution >= 4 is 24.2 Å². The molecule has 0 spiro atoms. The minimum absolute atomic E-state index is 0. The van der Waals surface area contributed by atoms with Gasteiger partial charge in [0.25, 0.3) is 5.91 Å². The number of carbonyl (C=O) groups is 2. The summed E-state index contributed by atoms with van der Waals surface area (Å²) in [7, 11) is 0. The number of nitrogens with one attached hydrogen (secondary N) is 1. The van der Waals surface area contributed by atoms with E-state index in [9.17, 15) is 9.59 Å². The molecule has 1 aromatic heterocycles. The fourth-order valence-electron chi connectivity index (χ4n) is 2.72. The van der Waals surface area contributed by atoms with Crippen LogP contribution < -0.4 is 11.1 Å². The van der Waals surface area contributed by atoms with Crippen LogP contribution in [0.5, 0.6) is 0 Å². The van der Waals surface area contributed by atoms with Crippen LogP contribution in [0.4, 0.5) is 0 Å². The molecule has 1 fully saturated rings. The van der Waals surface area contributed by atoms with Gasteiger partial charge in [-0.05, 0) is 31.2 Å². The standard InChI is InChI=1S/C16H25N3O3.ClH/c1-11(2)9-14(17)15(20)18-13-3-6-19(7-4-13)16(21)12-5-8-22-10-12;/h5,8,10-11,13-14H,3-4,6-7,9,17H2,1-2H3,(H,18,20);1H/t14-;/m0./s1. The number of nitrogens with two attached hydrogens (primary N) is 1. The van der Waals surface area contributed by atoms with Crippen LogP contribution in [0.1, 0.15) is 43.5 Å². The van der Waals surface area contributed by atoms with Crippen LogP contribution in [0.15, 0.2) is 23.0 Å². The van der Waals surface area contributed by atoms with Crippen LogP contribution in [-0.4, -0.2) is 41.9 Å². The molecule has 0 aromatic carbocycles. The zero-order valence-electron chi connectivity index (χ0n) is 13.7. The Morgan fingerprint density at radius 3 is 2.57 bits per heavy atom.